The normalized spacial score (nSPS) is 14.2. The van der Waals surface area contributed by atoms with E-state index in [1.807, 2.05) is 0 Å². The van der Waals surface area contributed by atoms with Crippen LogP contribution in [0.3, 0.4) is 0 Å². The molecule has 0 fully saturated rings. The summed E-state index contributed by atoms with van der Waals surface area (Å²) in [5.74, 6) is -0.0941. The second kappa shape index (κ2) is 7.25. The van der Waals surface area contributed by atoms with E-state index in [4.69, 9.17) is 5.11 Å². The van der Waals surface area contributed by atoms with Gasteiger partial charge in [0.25, 0.3) is 5.91 Å². The van der Waals surface area contributed by atoms with E-state index in [2.05, 4.69) is 20.8 Å². The summed E-state index contributed by atoms with van der Waals surface area (Å²) in [5, 5.41) is 21.9. The number of nitrogens with zero attached hydrogens (tertiary/aromatic N) is 1. The average Bonchev–Trinajstić information content (AvgIpc) is 2.86. The minimum Gasteiger partial charge on any atom is -0.396 e. The number of hydrogen-bond donors (Lipinski definition) is 4. The first kappa shape index (κ1) is 14.0. The number of carbonyl (C=O) groups excluding carboxylic acids is 1. The van der Waals surface area contributed by atoms with Gasteiger partial charge in [0.2, 0.25) is 0 Å². The average molecular weight is 266 g/mol. The zero-order chi connectivity index (χ0) is 13.5. The van der Waals surface area contributed by atoms with E-state index in [0.717, 1.165) is 49.9 Å². The zero-order valence-corrected chi connectivity index (χ0v) is 11.2. The summed E-state index contributed by atoms with van der Waals surface area (Å²) in [6.45, 7) is 2.56. The Morgan fingerprint density at radius 3 is 3.00 bits per heavy atom. The van der Waals surface area contributed by atoms with Crippen LogP contribution in [0.5, 0.6) is 0 Å². The molecule has 1 aromatic rings. The number of nitrogens with one attached hydrogen (secondary N) is 3. The molecule has 0 atom stereocenters. The van der Waals surface area contributed by atoms with Crippen molar-refractivity contribution in [1.82, 2.24) is 20.8 Å². The van der Waals surface area contributed by atoms with Crippen molar-refractivity contribution in [3.63, 3.8) is 0 Å². The van der Waals surface area contributed by atoms with Crippen LogP contribution in [0.4, 0.5) is 0 Å². The highest BCUT2D eigenvalue weighted by atomic mass is 16.2. The molecule has 4 N–H and O–H groups in total. The number of fused-ring (bicyclic) bond motifs is 1. The van der Waals surface area contributed by atoms with E-state index in [9.17, 15) is 4.79 Å². The van der Waals surface area contributed by atoms with Gasteiger partial charge < -0.3 is 15.7 Å². The fourth-order valence-corrected chi connectivity index (χ4v) is 2.29. The molecule has 106 valence electrons. The molecule has 0 bridgehead atoms. The van der Waals surface area contributed by atoms with Crippen molar-refractivity contribution < 1.29 is 9.90 Å². The molecule has 0 aliphatic carbocycles. The Balaban J connectivity index is 1.75. The van der Waals surface area contributed by atoms with Crippen LogP contribution in [-0.4, -0.2) is 40.9 Å². The van der Waals surface area contributed by atoms with Gasteiger partial charge in [-0.3, -0.25) is 9.89 Å². The first-order chi connectivity index (χ1) is 9.33. The number of H-pyrrole nitrogens is 1. The van der Waals surface area contributed by atoms with E-state index < -0.39 is 0 Å². The van der Waals surface area contributed by atoms with Crippen molar-refractivity contribution in [1.29, 1.82) is 0 Å². The molecule has 0 spiro atoms. The number of amides is 1. The van der Waals surface area contributed by atoms with Gasteiger partial charge in [-0.1, -0.05) is 12.8 Å². The smallest absolute Gasteiger partial charge is 0.272 e. The molecule has 0 saturated heterocycles. The summed E-state index contributed by atoms with van der Waals surface area (Å²) in [5.41, 5.74) is 2.61. The van der Waals surface area contributed by atoms with Gasteiger partial charge in [-0.05, 0) is 12.8 Å². The molecule has 19 heavy (non-hydrogen) atoms. The lowest BCUT2D eigenvalue weighted by molar-refractivity contribution is 0.0946. The third-order valence-corrected chi connectivity index (χ3v) is 3.39. The quantitative estimate of drug-likeness (QED) is 0.536. The molecule has 0 saturated carbocycles. The van der Waals surface area contributed by atoms with Crippen LogP contribution < -0.4 is 10.6 Å². The summed E-state index contributed by atoms with van der Waals surface area (Å²) >= 11 is 0. The van der Waals surface area contributed by atoms with Crippen LogP contribution in [0.1, 0.15) is 47.4 Å². The van der Waals surface area contributed by atoms with E-state index in [-0.39, 0.29) is 12.5 Å². The Labute approximate surface area is 113 Å². The topological polar surface area (TPSA) is 90.0 Å². The van der Waals surface area contributed by atoms with Crippen LogP contribution in [0.15, 0.2) is 0 Å². The highest BCUT2D eigenvalue weighted by molar-refractivity contribution is 5.94. The number of aliphatic hydroxyl groups is 1. The number of carbonyl (C=O) groups is 1. The number of unbranched alkanes of at least 4 members (excludes halogenated alkanes) is 3. The standard InChI is InChI=1S/C13H22N4O2/c18-8-4-2-1-3-6-15-13(19)12-10-9-14-7-5-11(10)16-17-12/h14,18H,1-9H2,(H,15,19)(H,16,17). The van der Waals surface area contributed by atoms with E-state index in [1.54, 1.807) is 0 Å². The summed E-state index contributed by atoms with van der Waals surface area (Å²) in [6, 6.07) is 0. The van der Waals surface area contributed by atoms with Crippen molar-refractivity contribution in [2.75, 3.05) is 19.7 Å². The molecule has 2 rings (SSSR count). The lowest BCUT2D eigenvalue weighted by Crippen LogP contribution is -2.29. The summed E-state index contributed by atoms with van der Waals surface area (Å²) in [6.07, 6.45) is 4.72. The molecule has 0 radical (unpaired) electrons. The maximum atomic E-state index is 12.0. The van der Waals surface area contributed by atoms with Crippen LogP contribution in [0, 0.1) is 0 Å². The third kappa shape index (κ3) is 3.78. The summed E-state index contributed by atoms with van der Waals surface area (Å²) < 4.78 is 0. The van der Waals surface area contributed by atoms with Gasteiger partial charge in [0.05, 0.1) is 0 Å². The number of aromatic amines is 1. The highest BCUT2D eigenvalue weighted by Crippen LogP contribution is 2.14. The Hall–Kier alpha value is -1.40. The molecule has 6 nitrogen and oxygen atoms in total. The Morgan fingerprint density at radius 1 is 1.32 bits per heavy atom. The molecule has 2 heterocycles. The molecule has 1 aliphatic heterocycles. The molecule has 1 amide bonds. The van der Waals surface area contributed by atoms with Crippen molar-refractivity contribution >= 4 is 5.91 Å². The van der Waals surface area contributed by atoms with Crippen LogP contribution in [0.25, 0.3) is 0 Å². The lowest BCUT2D eigenvalue weighted by atomic mass is 10.1. The van der Waals surface area contributed by atoms with Gasteiger partial charge in [-0.2, -0.15) is 5.10 Å². The second-order valence-corrected chi connectivity index (χ2v) is 4.85. The van der Waals surface area contributed by atoms with Gasteiger partial charge in [0, 0.05) is 43.9 Å². The maximum Gasteiger partial charge on any atom is 0.272 e. The van der Waals surface area contributed by atoms with Crippen LogP contribution >= 0.6 is 0 Å². The van der Waals surface area contributed by atoms with Crippen LogP contribution in [0.2, 0.25) is 0 Å². The van der Waals surface area contributed by atoms with E-state index in [1.165, 1.54) is 0 Å². The SMILES string of the molecule is O=C(NCCCCCCO)c1n[nH]c2c1CNCC2. The van der Waals surface area contributed by atoms with Gasteiger partial charge in [0.1, 0.15) is 0 Å². The fraction of sp³-hybridized carbons (Fsp3) is 0.692. The third-order valence-electron chi connectivity index (χ3n) is 3.39. The van der Waals surface area contributed by atoms with Gasteiger partial charge >= 0.3 is 0 Å². The van der Waals surface area contributed by atoms with Crippen molar-refractivity contribution in [3.05, 3.63) is 17.0 Å². The molecule has 0 unspecified atom stereocenters. The van der Waals surface area contributed by atoms with Gasteiger partial charge in [-0.25, -0.2) is 0 Å². The van der Waals surface area contributed by atoms with Gasteiger partial charge in [-0.15, -0.1) is 0 Å². The predicted molar refractivity (Wildman–Crippen MR) is 71.9 cm³/mol. The molecule has 1 aromatic heterocycles. The van der Waals surface area contributed by atoms with E-state index in [0.29, 0.717) is 18.8 Å². The van der Waals surface area contributed by atoms with Crippen molar-refractivity contribution in [2.45, 2.75) is 38.6 Å². The monoisotopic (exact) mass is 266 g/mol. The molecule has 6 heteroatoms. The first-order valence-corrected chi connectivity index (χ1v) is 6.99. The van der Waals surface area contributed by atoms with Crippen molar-refractivity contribution in [3.8, 4) is 0 Å². The zero-order valence-electron chi connectivity index (χ0n) is 11.2. The molecule has 0 aromatic carbocycles. The second-order valence-electron chi connectivity index (χ2n) is 4.85. The molecular formula is C13H22N4O2. The van der Waals surface area contributed by atoms with E-state index >= 15 is 0 Å². The highest BCUT2D eigenvalue weighted by Gasteiger charge is 2.20. The maximum absolute atomic E-state index is 12.0. The fourth-order valence-electron chi connectivity index (χ4n) is 2.29. The Bertz CT molecular complexity index is 417. The molecular weight excluding hydrogens is 244 g/mol. The summed E-state index contributed by atoms with van der Waals surface area (Å²) in [4.78, 5) is 12.0. The number of rotatable bonds is 7. The number of aliphatic hydroxyl groups excluding tert-OH is 1. The minimum absolute atomic E-state index is 0.0941. The predicted octanol–water partition coefficient (Wildman–Crippen LogP) is 0.338. The summed E-state index contributed by atoms with van der Waals surface area (Å²) in [7, 11) is 0. The Morgan fingerprint density at radius 2 is 2.16 bits per heavy atom. The number of aromatic nitrogens is 2. The van der Waals surface area contributed by atoms with Crippen molar-refractivity contribution in [2.24, 2.45) is 0 Å². The van der Waals surface area contributed by atoms with Crippen LogP contribution in [-0.2, 0) is 13.0 Å². The Kier molecular flexibility index (Phi) is 5.35. The lowest BCUT2D eigenvalue weighted by Gasteiger charge is -2.12. The number of hydrogen-bond acceptors (Lipinski definition) is 4. The molecule has 1 aliphatic rings. The van der Waals surface area contributed by atoms with Gasteiger partial charge in [0.15, 0.2) is 5.69 Å². The largest absolute Gasteiger partial charge is 0.396 e. The minimum atomic E-state index is -0.0941. The first-order valence-electron chi connectivity index (χ1n) is 6.99.